The number of methoxy groups -OCH3 is 1. The van der Waals surface area contributed by atoms with Gasteiger partial charge in [0.05, 0.1) is 19.8 Å². The molecule has 21 heavy (non-hydrogen) atoms. The van der Waals surface area contributed by atoms with Crippen molar-refractivity contribution in [3.63, 3.8) is 0 Å². The predicted octanol–water partition coefficient (Wildman–Crippen LogP) is 3.39. The van der Waals surface area contributed by atoms with Crippen LogP contribution in [0.25, 0.3) is 0 Å². The molecule has 0 aliphatic heterocycles. The molecule has 120 valence electrons. The van der Waals surface area contributed by atoms with E-state index in [1.807, 2.05) is 26.0 Å². The van der Waals surface area contributed by atoms with Gasteiger partial charge in [-0.25, -0.2) is 0 Å². The zero-order valence-corrected chi connectivity index (χ0v) is 14.2. The molecule has 0 spiro atoms. The van der Waals surface area contributed by atoms with Crippen molar-refractivity contribution in [1.29, 1.82) is 0 Å². The first-order valence-electron chi connectivity index (χ1n) is 7.48. The van der Waals surface area contributed by atoms with Crippen LogP contribution < -0.4 is 14.8 Å². The zero-order chi connectivity index (χ0) is 15.9. The van der Waals surface area contributed by atoms with E-state index in [2.05, 4.69) is 32.2 Å². The quantitative estimate of drug-likeness (QED) is 0.746. The Morgan fingerprint density at radius 1 is 1.10 bits per heavy atom. The first-order valence-corrected chi connectivity index (χ1v) is 7.48. The van der Waals surface area contributed by atoms with Crippen LogP contribution in [0.3, 0.4) is 0 Å². The van der Waals surface area contributed by atoms with Gasteiger partial charge in [0, 0.05) is 12.1 Å². The minimum Gasteiger partial charge on any atom is -0.493 e. The van der Waals surface area contributed by atoms with E-state index in [1.165, 1.54) is 5.56 Å². The average Bonchev–Trinajstić information content (AvgIpc) is 2.40. The van der Waals surface area contributed by atoms with Crippen LogP contribution in [-0.4, -0.2) is 32.0 Å². The summed E-state index contributed by atoms with van der Waals surface area (Å²) in [6.45, 7) is 12.4. The first kappa shape index (κ1) is 17.8. The lowest BCUT2D eigenvalue weighted by molar-refractivity contribution is 0.0546. The first-order chi connectivity index (χ1) is 9.81. The molecule has 1 N–H and O–H groups in total. The lowest BCUT2D eigenvalue weighted by atomic mass is 10.1. The van der Waals surface area contributed by atoms with Gasteiger partial charge in [0.15, 0.2) is 11.5 Å². The smallest absolute Gasteiger partial charge is 0.161 e. The maximum absolute atomic E-state index is 5.77. The highest BCUT2D eigenvalue weighted by molar-refractivity contribution is 5.43. The van der Waals surface area contributed by atoms with E-state index in [-0.39, 0.29) is 11.6 Å². The Labute approximate surface area is 128 Å². The molecule has 0 amide bonds. The lowest BCUT2D eigenvalue weighted by Gasteiger charge is -2.21. The Bertz CT molecular complexity index is 425. The molecule has 0 bridgehead atoms. The Balaban J connectivity index is 2.62. The summed E-state index contributed by atoms with van der Waals surface area (Å²) in [5, 5.41) is 3.46. The molecule has 0 heterocycles. The summed E-state index contributed by atoms with van der Waals surface area (Å²) in [6.07, 6.45) is 0.220. The van der Waals surface area contributed by atoms with Crippen molar-refractivity contribution in [3.05, 3.63) is 23.8 Å². The Kier molecular flexibility index (Phi) is 6.99. The summed E-state index contributed by atoms with van der Waals surface area (Å²) in [7, 11) is 1.65. The number of benzene rings is 1. The van der Waals surface area contributed by atoms with Gasteiger partial charge in [-0.05, 0) is 52.3 Å². The summed E-state index contributed by atoms with van der Waals surface area (Å²) < 4.78 is 16.6. The third-order valence-electron chi connectivity index (χ3n) is 2.84. The summed E-state index contributed by atoms with van der Waals surface area (Å²) in [5.41, 5.74) is 1.26. The Morgan fingerprint density at radius 3 is 2.38 bits per heavy atom. The number of rotatable bonds is 8. The van der Waals surface area contributed by atoms with Gasteiger partial charge in [-0.15, -0.1) is 0 Å². The number of nitrogens with one attached hydrogen (secondary N) is 1. The van der Waals surface area contributed by atoms with E-state index < -0.39 is 0 Å². The van der Waals surface area contributed by atoms with Crippen molar-refractivity contribution in [2.24, 2.45) is 0 Å². The highest BCUT2D eigenvalue weighted by Gasteiger charge is 2.10. The molecule has 1 aromatic carbocycles. The topological polar surface area (TPSA) is 39.7 Å². The molecule has 0 aromatic heterocycles. The van der Waals surface area contributed by atoms with Crippen LogP contribution in [-0.2, 0) is 11.3 Å². The molecule has 4 nitrogen and oxygen atoms in total. The van der Waals surface area contributed by atoms with E-state index in [0.717, 1.165) is 18.0 Å². The summed E-state index contributed by atoms with van der Waals surface area (Å²) in [5.74, 6) is 1.51. The summed E-state index contributed by atoms with van der Waals surface area (Å²) in [4.78, 5) is 0. The molecule has 0 atom stereocenters. The highest BCUT2D eigenvalue weighted by Crippen LogP contribution is 2.28. The van der Waals surface area contributed by atoms with Crippen molar-refractivity contribution in [1.82, 2.24) is 5.32 Å². The van der Waals surface area contributed by atoms with Gasteiger partial charge in [-0.1, -0.05) is 6.07 Å². The largest absolute Gasteiger partial charge is 0.493 e. The molecule has 4 heteroatoms. The van der Waals surface area contributed by atoms with E-state index in [9.17, 15) is 0 Å². The average molecular weight is 295 g/mol. The van der Waals surface area contributed by atoms with Crippen molar-refractivity contribution >= 4 is 0 Å². The molecule has 0 aliphatic carbocycles. The van der Waals surface area contributed by atoms with Gasteiger partial charge in [-0.3, -0.25) is 0 Å². The standard InChI is InChI=1S/C17H29NO3/c1-13(2)20-9-10-21-16-11-14(7-8-15(16)19-6)12-18-17(3,4)5/h7-8,11,13,18H,9-10,12H2,1-6H3. The van der Waals surface area contributed by atoms with Gasteiger partial charge >= 0.3 is 0 Å². The molecule has 0 aliphatic rings. The van der Waals surface area contributed by atoms with Gasteiger partial charge in [0.2, 0.25) is 0 Å². The Morgan fingerprint density at radius 2 is 1.81 bits per heavy atom. The van der Waals surface area contributed by atoms with Gasteiger partial charge in [0.1, 0.15) is 6.61 Å². The Hall–Kier alpha value is -1.26. The second-order valence-corrected chi connectivity index (χ2v) is 6.36. The van der Waals surface area contributed by atoms with Gasteiger partial charge in [-0.2, -0.15) is 0 Å². The van der Waals surface area contributed by atoms with Crippen LogP contribution in [0.1, 0.15) is 40.2 Å². The van der Waals surface area contributed by atoms with Crippen LogP contribution >= 0.6 is 0 Å². The SMILES string of the molecule is COc1ccc(CNC(C)(C)C)cc1OCCOC(C)C. The van der Waals surface area contributed by atoms with E-state index in [0.29, 0.717) is 13.2 Å². The van der Waals surface area contributed by atoms with Crippen LogP contribution in [0, 0.1) is 0 Å². The molecule has 0 saturated heterocycles. The minimum absolute atomic E-state index is 0.0893. The van der Waals surface area contributed by atoms with E-state index in [4.69, 9.17) is 14.2 Å². The summed E-state index contributed by atoms with van der Waals surface area (Å²) >= 11 is 0. The maximum Gasteiger partial charge on any atom is 0.161 e. The van der Waals surface area contributed by atoms with Crippen LogP contribution in [0.5, 0.6) is 11.5 Å². The molecule has 1 aromatic rings. The van der Waals surface area contributed by atoms with Crippen molar-refractivity contribution < 1.29 is 14.2 Å². The fourth-order valence-corrected chi connectivity index (χ4v) is 1.75. The number of hydrogen-bond donors (Lipinski definition) is 1. The lowest BCUT2D eigenvalue weighted by Crippen LogP contribution is -2.35. The number of ether oxygens (including phenoxy) is 3. The van der Waals surface area contributed by atoms with Crippen LogP contribution in [0.4, 0.5) is 0 Å². The van der Waals surface area contributed by atoms with Gasteiger partial charge in [0.25, 0.3) is 0 Å². The summed E-state index contributed by atoms with van der Waals surface area (Å²) in [6, 6.07) is 6.01. The molecular formula is C17H29NO3. The van der Waals surface area contributed by atoms with Crippen LogP contribution in [0.2, 0.25) is 0 Å². The predicted molar refractivity (Wildman–Crippen MR) is 86.2 cm³/mol. The van der Waals surface area contributed by atoms with Crippen molar-refractivity contribution in [2.45, 2.75) is 52.8 Å². The van der Waals surface area contributed by atoms with Crippen molar-refractivity contribution in [2.75, 3.05) is 20.3 Å². The fraction of sp³-hybridized carbons (Fsp3) is 0.647. The highest BCUT2D eigenvalue weighted by atomic mass is 16.5. The molecular weight excluding hydrogens is 266 g/mol. The molecule has 0 fully saturated rings. The maximum atomic E-state index is 5.77. The second-order valence-electron chi connectivity index (χ2n) is 6.36. The molecule has 1 rings (SSSR count). The molecule has 0 radical (unpaired) electrons. The fourth-order valence-electron chi connectivity index (χ4n) is 1.75. The zero-order valence-electron chi connectivity index (χ0n) is 14.2. The third-order valence-corrected chi connectivity index (χ3v) is 2.84. The van der Waals surface area contributed by atoms with Crippen molar-refractivity contribution in [3.8, 4) is 11.5 Å². The number of hydrogen-bond acceptors (Lipinski definition) is 4. The molecule has 0 saturated carbocycles. The third kappa shape index (κ3) is 7.34. The second kappa shape index (κ2) is 8.25. The van der Waals surface area contributed by atoms with E-state index in [1.54, 1.807) is 7.11 Å². The van der Waals surface area contributed by atoms with E-state index >= 15 is 0 Å². The minimum atomic E-state index is 0.0893. The monoisotopic (exact) mass is 295 g/mol. The van der Waals surface area contributed by atoms with Gasteiger partial charge < -0.3 is 19.5 Å². The van der Waals surface area contributed by atoms with Crippen LogP contribution in [0.15, 0.2) is 18.2 Å². The molecule has 0 unspecified atom stereocenters. The normalized spacial score (nSPS) is 11.8.